The van der Waals surface area contributed by atoms with Gasteiger partial charge < -0.3 is 21.1 Å². The summed E-state index contributed by atoms with van der Waals surface area (Å²) in [4.78, 5) is 17.4. The van der Waals surface area contributed by atoms with Gasteiger partial charge in [-0.2, -0.15) is 18.4 Å². The second kappa shape index (κ2) is 13.2. The van der Waals surface area contributed by atoms with Gasteiger partial charge in [-0.3, -0.25) is 4.79 Å². The molecule has 5 rings (SSSR count). The van der Waals surface area contributed by atoms with Gasteiger partial charge in [0.15, 0.2) is 0 Å². The Bertz CT molecular complexity index is 1680. The van der Waals surface area contributed by atoms with Gasteiger partial charge in [0.25, 0.3) is 5.91 Å². The summed E-state index contributed by atoms with van der Waals surface area (Å²) in [7, 11) is 1.68. The number of halogens is 3. The van der Waals surface area contributed by atoms with Crippen molar-refractivity contribution < 1.29 is 22.7 Å². The van der Waals surface area contributed by atoms with Crippen molar-refractivity contribution in [3.63, 3.8) is 0 Å². The topological polar surface area (TPSA) is 113 Å². The van der Waals surface area contributed by atoms with Crippen molar-refractivity contribution in [1.29, 1.82) is 5.26 Å². The minimum atomic E-state index is -4.86. The molecule has 0 bridgehead atoms. The van der Waals surface area contributed by atoms with Crippen LogP contribution in [0.2, 0.25) is 0 Å². The van der Waals surface area contributed by atoms with Crippen LogP contribution in [0, 0.1) is 17.2 Å². The van der Waals surface area contributed by atoms with Crippen LogP contribution >= 0.6 is 0 Å². The average Bonchev–Trinajstić information content (AvgIpc) is 3.85. The summed E-state index contributed by atoms with van der Waals surface area (Å²) in [6.07, 6.45) is 1.74. The number of nitrogens with one attached hydrogen (secondary N) is 2. The number of aliphatic imine (C=N–C) groups is 1. The Balaban J connectivity index is 1.44. The van der Waals surface area contributed by atoms with E-state index in [0.717, 1.165) is 41.8 Å². The van der Waals surface area contributed by atoms with Gasteiger partial charge in [0.05, 0.1) is 36.2 Å². The van der Waals surface area contributed by atoms with E-state index in [9.17, 15) is 23.2 Å². The smallest absolute Gasteiger partial charge is 0.430 e. The molecule has 1 unspecified atom stereocenters. The summed E-state index contributed by atoms with van der Waals surface area (Å²) in [5.41, 5.74) is 8.30. The maximum Gasteiger partial charge on any atom is 0.430 e. The van der Waals surface area contributed by atoms with Crippen molar-refractivity contribution in [3.05, 3.63) is 112 Å². The van der Waals surface area contributed by atoms with Crippen molar-refractivity contribution in [3.8, 4) is 6.07 Å². The van der Waals surface area contributed by atoms with Gasteiger partial charge in [-0.25, -0.2) is 4.99 Å². The fourth-order valence-corrected chi connectivity index (χ4v) is 5.01. The molecular weight excluding hydrogens is 567 g/mol. The first kappa shape index (κ1) is 30.6. The summed E-state index contributed by atoms with van der Waals surface area (Å²) in [5, 5.41) is 15.5. The summed E-state index contributed by atoms with van der Waals surface area (Å²) >= 11 is 0. The third-order valence-corrected chi connectivity index (χ3v) is 7.58. The predicted octanol–water partition coefficient (Wildman–Crippen LogP) is 6.70. The van der Waals surface area contributed by atoms with Gasteiger partial charge in [0, 0.05) is 12.1 Å². The lowest BCUT2D eigenvalue weighted by atomic mass is 9.90. The highest BCUT2D eigenvalue weighted by Gasteiger charge is 2.32. The second-order valence-electron chi connectivity index (χ2n) is 10.9. The van der Waals surface area contributed by atoms with Crippen molar-refractivity contribution in [2.24, 2.45) is 16.6 Å². The van der Waals surface area contributed by atoms with Crippen molar-refractivity contribution in [2.75, 3.05) is 19.0 Å². The number of carbonyl (C=O) groups is 1. The summed E-state index contributed by atoms with van der Waals surface area (Å²) in [6, 6.07) is 21.2. The lowest BCUT2D eigenvalue weighted by Crippen LogP contribution is -2.27. The number of anilines is 1. The molecule has 3 aromatic rings. The lowest BCUT2D eigenvalue weighted by Gasteiger charge is -2.23. The molecule has 1 fully saturated rings. The highest BCUT2D eigenvalue weighted by Crippen LogP contribution is 2.33. The molecule has 2 aliphatic carbocycles. The van der Waals surface area contributed by atoms with E-state index in [4.69, 9.17) is 10.5 Å². The largest absolute Gasteiger partial charge is 0.501 e. The zero-order valence-electron chi connectivity index (χ0n) is 24.1. The van der Waals surface area contributed by atoms with E-state index in [-0.39, 0.29) is 17.3 Å². The number of aryl methyl sites for hydroxylation is 1. The summed E-state index contributed by atoms with van der Waals surface area (Å²) in [5.74, 6) is 0.688. The third-order valence-electron chi connectivity index (χ3n) is 7.58. The maximum absolute atomic E-state index is 13.3. The summed E-state index contributed by atoms with van der Waals surface area (Å²) < 4.78 is 45.3. The molecule has 1 atom stereocenters. The number of nitrogens with zero attached hydrogens (tertiary/aromatic N) is 2. The number of ether oxygens (including phenoxy) is 1. The quantitative estimate of drug-likeness (QED) is 0.225. The molecule has 4 N–H and O–H groups in total. The number of fused-ring (bicyclic) bond motifs is 1. The van der Waals surface area contributed by atoms with Gasteiger partial charge in [0.1, 0.15) is 11.4 Å². The number of nitriles is 1. The number of alkyl halides is 3. The van der Waals surface area contributed by atoms with E-state index in [2.05, 4.69) is 39.9 Å². The number of rotatable bonds is 10. The van der Waals surface area contributed by atoms with E-state index >= 15 is 0 Å². The van der Waals surface area contributed by atoms with Crippen LogP contribution in [-0.4, -0.2) is 31.4 Å². The minimum Gasteiger partial charge on any atom is -0.501 e. The number of nitrogens with two attached hydrogens (primary N) is 1. The molecule has 0 spiro atoms. The van der Waals surface area contributed by atoms with Crippen molar-refractivity contribution in [1.82, 2.24) is 5.32 Å². The number of hydrogen-bond donors (Lipinski definition) is 3. The number of hydrogen-bond acceptors (Lipinski definition) is 6. The maximum atomic E-state index is 13.3. The molecule has 2 aliphatic rings. The molecule has 226 valence electrons. The van der Waals surface area contributed by atoms with Crippen LogP contribution in [0.5, 0.6) is 0 Å². The number of benzene rings is 3. The van der Waals surface area contributed by atoms with E-state index < -0.39 is 23.5 Å². The number of carbonyl (C=O) groups excluding carboxylic acids is 1. The molecule has 3 aromatic carbocycles. The second-order valence-corrected chi connectivity index (χ2v) is 10.9. The molecule has 1 saturated carbocycles. The third kappa shape index (κ3) is 7.74. The van der Waals surface area contributed by atoms with E-state index in [1.54, 1.807) is 25.3 Å². The average molecular weight is 600 g/mol. The highest BCUT2D eigenvalue weighted by atomic mass is 19.4. The Kier molecular flexibility index (Phi) is 9.16. The Hall–Kier alpha value is -4.88. The predicted molar refractivity (Wildman–Crippen MR) is 164 cm³/mol. The van der Waals surface area contributed by atoms with Gasteiger partial charge in [-0.1, -0.05) is 36.4 Å². The standard InChI is InChI=1S/C34H32F3N5O2/c1-44-29-13-12-23-15-26(11-10-24(23)17-29)32(40-20-21-8-9-21)25-5-3-7-28(16-25)42-33(43)30(18-31(39)34(35,36)37)41-27-6-2-4-22(14-27)19-38/h2-7,10-11,14-18,21,32,40H,8-9,12-13,20,39H2,1H3,(H,42,43). The number of allylic oxidation sites excluding steroid dienone is 2. The van der Waals surface area contributed by atoms with E-state index in [1.807, 2.05) is 12.1 Å². The van der Waals surface area contributed by atoms with Crippen LogP contribution in [0.15, 0.2) is 89.3 Å². The highest BCUT2D eigenvalue weighted by molar-refractivity contribution is 6.47. The fourth-order valence-electron chi connectivity index (χ4n) is 5.01. The van der Waals surface area contributed by atoms with E-state index in [1.165, 1.54) is 42.7 Å². The molecule has 0 saturated heterocycles. The minimum absolute atomic E-state index is 0.137. The summed E-state index contributed by atoms with van der Waals surface area (Å²) in [6.45, 7) is 0.839. The Morgan fingerprint density at radius 2 is 1.89 bits per heavy atom. The van der Waals surface area contributed by atoms with Crippen molar-refractivity contribution >= 4 is 29.1 Å². The van der Waals surface area contributed by atoms with Gasteiger partial charge in [-0.05, 0) is 96.5 Å². The van der Waals surface area contributed by atoms with Crippen LogP contribution < -0.4 is 16.4 Å². The van der Waals surface area contributed by atoms with Crippen molar-refractivity contribution in [2.45, 2.75) is 37.9 Å². The first-order valence-electron chi connectivity index (χ1n) is 14.3. The van der Waals surface area contributed by atoms with Gasteiger partial charge in [0.2, 0.25) is 0 Å². The van der Waals surface area contributed by atoms with Gasteiger partial charge >= 0.3 is 6.18 Å². The van der Waals surface area contributed by atoms with Crippen LogP contribution in [0.4, 0.5) is 24.5 Å². The molecule has 0 aliphatic heterocycles. The first-order chi connectivity index (χ1) is 21.1. The molecule has 7 nitrogen and oxygen atoms in total. The Labute approximate surface area is 253 Å². The Morgan fingerprint density at radius 3 is 2.61 bits per heavy atom. The number of amides is 1. The van der Waals surface area contributed by atoms with Crippen LogP contribution in [-0.2, 0) is 16.0 Å². The van der Waals surface area contributed by atoms with Crippen LogP contribution in [0.3, 0.4) is 0 Å². The number of methoxy groups -OCH3 is 1. The van der Waals surface area contributed by atoms with Gasteiger partial charge in [-0.15, -0.1) is 0 Å². The molecule has 0 aromatic heterocycles. The molecule has 1 amide bonds. The monoisotopic (exact) mass is 599 g/mol. The zero-order valence-corrected chi connectivity index (χ0v) is 24.1. The lowest BCUT2D eigenvalue weighted by molar-refractivity contribution is -0.110. The molecule has 0 radical (unpaired) electrons. The van der Waals surface area contributed by atoms with E-state index in [0.29, 0.717) is 17.7 Å². The molecule has 10 heteroatoms. The van der Waals surface area contributed by atoms with Crippen LogP contribution in [0.1, 0.15) is 53.1 Å². The van der Waals surface area contributed by atoms with Crippen LogP contribution in [0.25, 0.3) is 6.08 Å². The molecule has 0 heterocycles. The SMILES string of the molecule is COC1=Cc2ccc(C(NCC3CC3)c3cccc(NC(=O)C(C=C(N)C(F)(F)F)=Nc4cccc(C#N)c4)c3)cc2CC1. The first-order valence-corrected chi connectivity index (χ1v) is 14.3. The normalized spacial score (nSPS) is 15.9. The Morgan fingerprint density at radius 1 is 1.11 bits per heavy atom. The zero-order chi connectivity index (χ0) is 31.3. The molecule has 44 heavy (non-hydrogen) atoms. The molecular formula is C34H32F3N5O2. The fraction of sp³-hybridized carbons (Fsp3) is 0.265.